The first-order valence-electron chi connectivity index (χ1n) is 11.1. The number of pyridine rings is 1. The molecule has 2 aliphatic heterocycles. The summed E-state index contributed by atoms with van der Waals surface area (Å²) in [5.41, 5.74) is 3.11. The number of fused-ring (bicyclic) bond motifs is 1. The van der Waals surface area contributed by atoms with Crippen LogP contribution in [0.25, 0.3) is 11.1 Å². The first-order valence-corrected chi connectivity index (χ1v) is 11.1. The third kappa shape index (κ3) is 3.80. The fourth-order valence-corrected chi connectivity index (χ4v) is 4.71. The van der Waals surface area contributed by atoms with Crippen LogP contribution in [0.4, 0.5) is 0 Å². The second kappa shape index (κ2) is 8.17. The molecular formula is C24H30N2O4. The minimum atomic E-state index is -0.470. The monoisotopic (exact) mass is 410 g/mol. The van der Waals surface area contributed by atoms with Gasteiger partial charge in [0, 0.05) is 63.5 Å². The number of methoxy groups -OCH3 is 1. The lowest BCUT2D eigenvalue weighted by molar-refractivity contribution is -0.231. The molecule has 2 aromatic rings. The van der Waals surface area contributed by atoms with Gasteiger partial charge in [-0.15, -0.1) is 0 Å². The predicted octanol–water partition coefficient (Wildman–Crippen LogP) is 3.42. The van der Waals surface area contributed by atoms with Crippen LogP contribution in [-0.2, 0) is 22.6 Å². The zero-order valence-corrected chi connectivity index (χ0v) is 17.6. The Kier molecular flexibility index (Phi) is 5.39. The molecule has 5 rings (SSSR count). The van der Waals surface area contributed by atoms with Gasteiger partial charge in [0.25, 0.3) is 5.56 Å². The van der Waals surface area contributed by atoms with Crippen LogP contribution in [0.2, 0.25) is 0 Å². The Morgan fingerprint density at radius 2 is 1.93 bits per heavy atom. The maximum absolute atomic E-state index is 12.1. The van der Waals surface area contributed by atoms with Gasteiger partial charge in [-0.3, -0.25) is 9.69 Å². The van der Waals surface area contributed by atoms with Crippen molar-refractivity contribution in [3.63, 3.8) is 0 Å². The second-order valence-electron chi connectivity index (χ2n) is 8.69. The van der Waals surface area contributed by atoms with E-state index in [1.165, 1.54) is 19.3 Å². The van der Waals surface area contributed by atoms with E-state index in [2.05, 4.69) is 23.1 Å². The molecule has 3 aliphatic rings. The molecule has 3 heterocycles. The average Bonchev–Trinajstić information content (AvgIpc) is 2.73. The third-order valence-corrected chi connectivity index (χ3v) is 6.85. The second-order valence-corrected chi connectivity index (χ2v) is 8.69. The summed E-state index contributed by atoms with van der Waals surface area (Å²) < 4.78 is 19.5. The molecule has 1 aromatic heterocycles. The number of piperidine rings is 1. The smallest absolute Gasteiger partial charge is 0.250 e. The van der Waals surface area contributed by atoms with Crippen molar-refractivity contribution < 1.29 is 14.2 Å². The third-order valence-electron chi connectivity index (χ3n) is 6.85. The van der Waals surface area contributed by atoms with Crippen molar-refractivity contribution in [3.05, 3.63) is 52.4 Å². The lowest BCUT2D eigenvalue weighted by Crippen LogP contribution is -2.54. The van der Waals surface area contributed by atoms with Crippen molar-refractivity contribution in [3.8, 4) is 16.9 Å². The number of ether oxygens (including phenoxy) is 3. The van der Waals surface area contributed by atoms with Crippen LogP contribution in [0.1, 0.15) is 37.7 Å². The van der Waals surface area contributed by atoms with E-state index in [0.29, 0.717) is 19.8 Å². The van der Waals surface area contributed by atoms with Crippen molar-refractivity contribution in [1.29, 1.82) is 0 Å². The minimum absolute atomic E-state index is 0.0180. The molecule has 0 N–H and O–H groups in total. The van der Waals surface area contributed by atoms with Crippen LogP contribution in [-0.4, -0.2) is 48.1 Å². The van der Waals surface area contributed by atoms with Gasteiger partial charge in [-0.2, -0.15) is 0 Å². The molecule has 2 fully saturated rings. The average molecular weight is 411 g/mol. The SMILES string of the molecule is COCCn1cc(-c2ccc3c(c2)COC2(CCN(C4CCC4)CC2)O3)ccc1=O. The Morgan fingerprint density at radius 3 is 2.67 bits per heavy atom. The van der Waals surface area contributed by atoms with E-state index in [1.807, 2.05) is 12.3 Å². The summed E-state index contributed by atoms with van der Waals surface area (Å²) in [5.74, 6) is 0.456. The maximum atomic E-state index is 12.1. The molecule has 1 saturated heterocycles. The Balaban J connectivity index is 1.31. The maximum Gasteiger partial charge on any atom is 0.250 e. The van der Waals surface area contributed by atoms with Crippen LogP contribution in [0.3, 0.4) is 0 Å². The van der Waals surface area contributed by atoms with Gasteiger partial charge in [0.15, 0.2) is 0 Å². The minimum Gasteiger partial charge on any atom is -0.462 e. The van der Waals surface area contributed by atoms with E-state index in [1.54, 1.807) is 17.7 Å². The highest BCUT2D eigenvalue weighted by Gasteiger charge is 2.42. The van der Waals surface area contributed by atoms with Gasteiger partial charge >= 0.3 is 0 Å². The van der Waals surface area contributed by atoms with E-state index in [9.17, 15) is 4.79 Å². The summed E-state index contributed by atoms with van der Waals surface area (Å²) in [5, 5.41) is 0. The van der Waals surface area contributed by atoms with Crippen molar-refractivity contribution >= 4 is 0 Å². The lowest BCUT2D eigenvalue weighted by atomic mass is 9.89. The van der Waals surface area contributed by atoms with Crippen LogP contribution in [0.5, 0.6) is 5.75 Å². The molecule has 1 aliphatic carbocycles. The fraction of sp³-hybridized carbons (Fsp3) is 0.542. The van der Waals surface area contributed by atoms with Crippen LogP contribution in [0.15, 0.2) is 41.3 Å². The predicted molar refractivity (Wildman–Crippen MR) is 115 cm³/mol. The summed E-state index contributed by atoms with van der Waals surface area (Å²) >= 11 is 0. The standard InChI is InChI=1S/C24H30N2O4/c1-28-14-13-26-16-19(6-8-23(26)27)18-5-7-22-20(15-18)17-29-24(30-22)9-11-25(12-10-24)21-3-2-4-21/h5-8,15-16,21H,2-4,9-14,17H2,1H3. The van der Waals surface area contributed by atoms with E-state index < -0.39 is 5.79 Å². The highest BCUT2D eigenvalue weighted by Crippen LogP contribution is 2.40. The summed E-state index contributed by atoms with van der Waals surface area (Å²) in [6.07, 6.45) is 7.81. The van der Waals surface area contributed by atoms with E-state index in [0.717, 1.165) is 54.4 Å². The van der Waals surface area contributed by atoms with Crippen LogP contribution >= 0.6 is 0 Å². The molecule has 1 spiro atoms. The molecule has 0 radical (unpaired) electrons. The summed E-state index contributed by atoms with van der Waals surface area (Å²) in [6.45, 7) is 3.73. The molecule has 1 aromatic carbocycles. The molecule has 30 heavy (non-hydrogen) atoms. The highest BCUT2D eigenvalue weighted by molar-refractivity contribution is 5.65. The molecular weight excluding hydrogens is 380 g/mol. The summed E-state index contributed by atoms with van der Waals surface area (Å²) in [7, 11) is 1.64. The van der Waals surface area contributed by atoms with Crippen molar-refractivity contribution in [1.82, 2.24) is 9.47 Å². The Hall–Kier alpha value is -2.15. The summed E-state index contributed by atoms with van der Waals surface area (Å²) in [4.78, 5) is 14.7. The first-order chi connectivity index (χ1) is 14.7. The van der Waals surface area contributed by atoms with Crippen molar-refractivity contribution in [2.75, 3.05) is 26.8 Å². The quantitative estimate of drug-likeness (QED) is 0.756. The molecule has 0 atom stereocenters. The van der Waals surface area contributed by atoms with Gasteiger partial charge in [0.2, 0.25) is 5.79 Å². The molecule has 0 unspecified atom stereocenters. The number of aromatic nitrogens is 1. The highest BCUT2D eigenvalue weighted by atomic mass is 16.7. The van der Waals surface area contributed by atoms with E-state index in [-0.39, 0.29) is 5.56 Å². The Bertz CT molecular complexity index is 958. The van der Waals surface area contributed by atoms with Gasteiger partial charge in [0.05, 0.1) is 13.2 Å². The lowest BCUT2D eigenvalue weighted by Gasteiger charge is -2.47. The number of hydrogen-bond acceptors (Lipinski definition) is 5. The fourth-order valence-electron chi connectivity index (χ4n) is 4.71. The van der Waals surface area contributed by atoms with E-state index >= 15 is 0 Å². The molecule has 6 nitrogen and oxygen atoms in total. The van der Waals surface area contributed by atoms with Crippen molar-refractivity contribution in [2.45, 2.75) is 57.1 Å². The number of benzene rings is 1. The van der Waals surface area contributed by atoms with Gasteiger partial charge in [-0.1, -0.05) is 12.5 Å². The number of rotatable bonds is 5. The zero-order chi connectivity index (χ0) is 20.6. The molecule has 0 amide bonds. The topological polar surface area (TPSA) is 52.9 Å². The van der Waals surface area contributed by atoms with E-state index in [4.69, 9.17) is 14.2 Å². The number of nitrogens with zero attached hydrogens (tertiary/aromatic N) is 2. The molecule has 160 valence electrons. The largest absolute Gasteiger partial charge is 0.462 e. The van der Waals surface area contributed by atoms with Crippen molar-refractivity contribution in [2.24, 2.45) is 0 Å². The Labute approximate surface area is 177 Å². The molecule has 0 bridgehead atoms. The molecule has 1 saturated carbocycles. The summed E-state index contributed by atoms with van der Waals surface area (Å²) in [6, 6.07) is 10.5. The van der Waals surface area contributed by atoms with Gasteiger partial charge in [-0.05, 0) is 42.2 Å². The molecule has 6 heteroatoms. The van der Waals surface area contributed by atoms with Gasteiger partial charge in [-0.25, -0.2) is 0 Å². The van der Waals surface area contributed by atoms with Gasteiger partial charge < -0.3 is 18.8 Å². The van der Waals surface area contributed by atoms with Crippen LogP contribution in [0, 0.1) is 0 Å². The zero-order valence-electron chi connectivity index (χ0n) is 17.6. The Morgan fingerprint density at radius 1 is 1.13 bits per heavy atom. The van der Waals surface area contributed by atoms with Gasteiger partial charge in [0.1, 0.15) is 5.75 Å². The normalized spacial score (nSPS) is 21.1. The number of likely N-dealkylation sites (tertiary alicyclic amines) is 1. The first kappa shape index (κ1) is 19.8. The number of hydrogen-bond donors (Lipinski definition) is 0. The van der Waals surface area contributed by atoms with Crippen LogP contribution < -0.4 is 10.3 Å².